The monoisotopic (exact) mass is 289 g/mol. The van der Waals surface area contributed by atoms with E-state index in [9.17, 15) is 14.9 Å². The largest absolute Gasteiger partial charge is 0.322 e. The van der Waals surface area contributed by atoms with Crippen molar-refractivity contribution in [3.63, 3.8) is 0 Å². The number of non-ortho nitro benzene ring substituents is 1. The zero-order valence-electron chi connectivity index (χ0n) is 10.6. The minimum Gasteiger partial charge on any atom is -0.322 e. The molecule has 0 atom stereocenters. The second-order valence-corrected chi connectivity index (χ2v) is 4.67. The van der Waals surface area contributed by atoms with Crippen LogP contribution in [0.3, 0.4) is 0 Å². The van der Waals surface area contributed by atoms with Gasteiger partial charge < -0.3 is 5.32 Å². The number of nitro groups is 1. The van der Waals surface area contributed by atoms with Crippen LogP contribution in [0.5, 0.6) is 0 Å². The fraction of sp³-hybridized carbons (Fsp3) is 0.0769. The van der Waals surface area contributed by atoms with Gasteiger partial charge in [0, 0.05) is 29.6 Å². The van der Waals surface area contributed by atoms with Crippen molar-refractivity contribution in [2.75, 3.05) is 11.6 Å². The van der Waals surface area contributed by atoms with Crippen molar-refractivity contribution >= 4 is 29.0 Å². The first-order valence-corrected chi connectivity index (χ1v) is 6.88. The Labute approximate surface area is 119 Å². The molecule has 2 aromatic rings. The third kappa shape index (κ3) is 3.33. The number of hydrogen-bond donors (Lipinski definition) is 1. The van der Waals surface area contributed by atoms with Crippen LogP contribution in [0.15, 0.2) is 47.6 Å². The number of nitrogens with one attached hydrogen (secondary N) is 1. The maximum Gasteiger partial charge on any atom is 0.271 e. The molecule has 1 amide bonds. The first-order valence-electron chi connectivity index (χ1n) is 5.66. The molecule has 0 saturated heterocycles. The van der Waals surface area contributed by atoms with E-state index in [1.165, 1.54) is 30.0 Å². The lowest BCUT2D eigenvalue weighted by atomic mass is 10.2. The highest BCUT2D eigenvalue weighted by Gasteiger charge is 2.10. The van der Waals surface area contributed by atoms with E-state index in [4.69, 9.17) is 0 Å². The van der Waals surface area contributed by atoms with Gasteiger partial charge in [-0.25, -0.2) is 4.98 Å². The Bertz CT molecular complexity index is 661. The normalized spacial score (nSPS) is 10.1. The van der Waals surface area contributed by atoms with Crippen molar-refractivity contribution < 1.29 is 9.72 Å². The number of rotatable bonds is 4. The molecule has 1 N–H and O–H groups in total. The van der Waals surface area contributed by atoms with Crippen LogP contribution >= 0.6 is 11.8 Å². The smallest absolute Gasteiger partial charge is 0.271 e. The highest BCUT2D eigenvalue weighted by Crippen LogP contribution is 2.18. The molecule has 0 saturated carbocycles. The standard InChI is InChI=1S/C13H11N3O3S/c1-20-12-7-9(5-6-14-12)13(17)15-10-3-2-4-11(8-10)16(18)19/h2-8H,1H3,(H,15,17). The number of thioether (sulfide) groups is 1. The lowest BCUT2D eigenvalue weighted by Crippen LogP contribution is -2.12. The van der Waals surface area contributed by atoms with Gasteiger partial charge in [-0.2, -0.15) is 0 Å². The van der Waals surface area contributed by atoms with Gasteiger partial charge in [0.25, 0.3) is 11.6 Å². The number of anilines is 1. The molecule has 0 spiro atoms. The van der Waals surface area contributed by atoms with Gasteiger partial charge in [-0.15, -0.1) is 11.8 Å². The molecule has 20 heavy (non-hydrogen) atoms. The van der Waals surface area contributed by atoms with Gasteiger partial charge in [0.2, 0.25) is 0 Å². The average molecular weight is 289 g/mol. The molecule has 6 nitrogen and oxygen atoms in total. The molecule has 0 aliphatic carbocycles. The van der Waals surface area contributed by atoms with Crippen molar-refractivity contribution in [3.8, 4) is 0 Å². The Balaban J connectivity index is 2.18. The lowest BCUT2D eigenvalue weighted by Gasteiger charge is -2.05. The number of nitro benzene ring substituents is 1. The Hall–Kier alpha value is -2.41. The SMILES string of the molecule is CSc1cc(C(=O)Nc2cccc([N+](=O)[O-])c2)ccn1. The summed E-state index contributed by atoms with van der Waals surface area (Å²) in [6.45, 7) is 0. The van der Waals surface area contributed by atoms with Crippen LogP contribution in [0.2, 0.25) is 0 Å². The topological polar surface area (TPSA) is 85.1 Å². The summed E-state index contributed by atoms with van der Waals surface area (Å²) in [6.07, 6.45) is 3.42. The number of carbonyl (C=O) groups is 1. The van der Waals surface area contributed by atoms with Crippen molar-refractivity contribution in [2.24, 2.45) is 0 Å². The molecule has 2 rings (SSSR count). The Morgan fingerprint density at radius 2 is 2.15 bits per heavy atom. The van der Waals surface area contributed by atoms with E-state index < -0.39 is 4.92 Å². The summed E-state index contributed by atoms with van der Waals surface area (Å²) >= 11 is 1.43. The summed E-state index contributed by atoms with van der Waals surface area (Å²) in [5.41, 5.74) is 0.768. The number of carbonyl (C=O) groups excluding carboxylic acids is 1. The zero-order chi connectivity index (χ0) is 14.5. The molecular weight excluding hydrogens is 278 g/mol. The zero-order valence-corrected chi connectivity index (χ0v) is 11.4. The van der Waals surface area contributed by atoms with E-state index >= 15 is 0 Å². The average Bonchev–Trinajstić information content (AvgIpc) is 2.47. The molecular formula is C13H11N3O3S. The summed E-state index contributed by atoms with van der Waals surface area (Å²) in [6, 6.07) is 9.06. The number of amides is 1. The van der Waals surface area contributed by atoms with Crippen molar-refractivity contribution in [3.05, 3.63) is 58.3 Å². The van der Waals surface area contributed by atoms with Crippen LogP contribution in [-0.4, -0.2) is 22.1 Å². The van der Waals surface area contributed by atoms with Gasteiger partial charge in [0.05, 0.1) is 9.95 Å². The number of benzene rings is 1. The maximum atomic E-state index is 12.0. The van der Waals surface area contributed by atoms with Crippen molar-refractivity contribution in [1.29, 1.82) is 0 Å². The van der Waals surface area contributed by atoms with Crippen LogP contribution in [0.4, 0.5) is 11.4 Å². The van der Waals surface area contributed by atoms with Crippen LogP contribution in [-0.2, 0) is 0 Å². The van der Waals surface area contributed by atoms with E-state index in [1.807, 2.05) is 6.26 Å². The predicted octanol–water partition coefficient (Wildman–Crippen LogP) is 2.96. The Morgan fingerprint density at radius 3 is 2.85 bits per heavy atom. The summed E-state index contributed by atoms with van der Waals surface area (Å²) in [7, 11) is 0. The minimum atomic E-state index is -0.506. The molecule has 102 valence electrons. The van der Waals surface area contributed by atoms with E-state index in [2.05, 4.69) is 10.3 Å². The van der Waals surface area contributed by atoms with Gasteiger partial charge in [-0.3, -0.25) is 14.9 Å². The van der Waals surface area contributed by atoms with Gasteiger partial charge in [0.15, 0.2) is 0 Å². The first-order chi connectivity index (χ1) is 9.60. The third-order valence-corrected chi connectivity index (χ3v) is 3.16. The van der Waals surface area contributed by atoms with E-state index in [-0.39, 0.29) is 11.6 Å². The number of hydrogen-bond acceptors (Lipinski definition) is 5. The molecule has 0 aliphatic heterocycles. The van der Waals surface area contributed by atoms with E-state index in [1.54, 1.807) is 24.4 Å². The van der Waals surface area contributed by atoms with Gasteiger partial charge in [-0.1, -0.05) is 6.07 Å². The summed E-state index contributed by atoms with van der Waals surface area (Å²) in [5.74, 6) is -0.330. The Kier molecular flexibility index (Phi) is 4.31. The fourth-order valence-corrected chi connectivity index (χ4v) is 1.97. The highest BCUT2D eigenvalue weighted by molar-refractivity contribution is 7.98. The van der Waals surface area contributed by atoms with Gasteiger partial charge >= 0.3 is 0 Å². The van der Waals surface area contributed by atoms with Gasteiger partial charge in [0.1, 0.15) is 0 Å². The van der Waals surface area contributed by atoms with Crippen LogP contribution in [0.1, 0.15) is 10.4 Å². The molecule has 1 heterocycles. The van der Waals surface area contributed by atoms with Crippen LogP contribution < -0.4 is 5.32 Å². The lowest BCUT2D eigenvalue weighted by molar-refractivity contribution is -0.384. The van der Waals surface area contributed by atoms with E-state index in [0.717, 1.165) is 5.03 Å². The molecule has 0 unspecified atom stereocenters. The molecule has 1 aromatic heterocycles. The fourth-order valence-electron chi connectivity index (χ4n) is 1.56. The summed E-state index contributed by atoms with van der Waals surface area (Å²) in [4.78, 5) is 26.3. The van der Waals surface area contributed by atoms with Crippen LogP contribution in [0.25, 0.3) is 0 Å². The minimum absolute atomic E-state index is 0.0673. The molecule has 7 heteroatoms. The third-order valence-electron chi connectivity index (χ3n) is 2.52. The summed E-state index contributed by atoms with van der Waals surface area (Å²) in [5, 5.41) is 14.0. The quantitative estimate of drug-likeness (QED) is 0.531. The molecule has 0 bridgehead atoms. The van der Waals surface area contributed by atoms with Crippen LogP contribution in [0, 0.1) is 10.1 Å². The van der Waals surface area contributed by atoms with Crippen molar-refractivity contribution in [1.82, 2.24) is 4.98 Å². The van der Waals surface area contributed by atoms with Gasteiger partial charge in [-0.05, 0) is 24.5 Å². The predicted molar refractivity (Wildman–Crippen MR) is 77.1 cm³/mol. The maximum absolute atomic E-state index is 12.0. The first kappa shape index (κ1) is 14.0. The Morgan fingerprint density at radius 1 is 1.35 bits per heavy atom. The molecule has 0 aliphatic rings. The highest BCUT2D eigenvalue weighted by atomic mass is 32.2. The van der Waals surface area contributed by atoms with E-state index in [0.29, 0.717) is 11.3 Å². The second-order valence-electron chi connectivity index (χ2n) is 3.85. The molecule has 0 fully saturated rings. The molecule has 1 aromatic carbocycles. The number of nitrogens with zero attached hydrogens (tertiary/aromatic N) is 2. The molecule has 0 radical (unpaired) electrons. The van der Waals surface area contributed by atoms with Crippen molar-refractivity contribution in [2.45, 2.75) is 5.03 Å². The number of aromatic nitrogens is 1. The second kappa shape index (κ2) is 6.16. The summed E-state index contributed by atoms with van der Waals surface area (Å²) < 4.78 is 0. The number of pyridine rings is 1.